The molecule has 126 valence electrons. The summed E-state index contributed by atoms with van der Waals surface area (Å²) in [6, 6.07) is 6.12. The Kier molecular flexibility index (Phi) is 4.47. The molecule has 2 aromatic rings. The third-order valence-electron chi connectivity index (χ3n) is 5.04. The topological polar surface area (TPSA) is 58.1 Å². The van der Waals surface area contributed by atoms with Gasteiger partial charge in [-0.3, -0.25) is 4.79 Å². The lowest BCUT2D eigenvalue weighted by Crippen LogP contribution is -2.37. The van der Waals surface area contributed by atoms with E-state index in [1.807, 2.05) is 29.9 Å². The van der Waals surface area contributed by atoms with E-state index in [4.69, 9.17) is 0 Å². The number of anilines is 1. The minimum atomic E-state index is 0.0484. The van der Waals surface area contributed by atoms with Crippen LogP contribution < -0.4 is 10.2 Å². The molecule has 1 saturated carbocycles. The van der Waals surface area contributed by atoms with Gasteiger partial charge in [0.15, 0.2) is 0 Å². The molecule has 2 fully saturated rings. The molecular weight excluding hydrogens is 320 g/mol. The van der Waals surface area contributed by atoms with E-state index in [2.05, 4.69) is 20.2 Å². The molecule has 1 aliphatic carbocycles. The van der Waals surface area contributed by atoms with Crippen molar-refractivity contribution in [3.63, 3.8) is 0 Å². The number of hydrogen-bond acceptors (Lipinski definition) is 5. The van der Waals surface area contributed by atoms with Crippen LogP contribution in [0.25, 0.3) is 0 Å². The Morgan fingerprint density at radius 2 is 2.08 bits per heavy atom. The lowest BCUT2D eigenvalue weighted by molar-refractivity contribution is 0.0943. The maximum atomic E-state index is 12.7. The fourth-order valence-electron chi connectivity index (χ4n) is 3.79. The Hall–Kier alpha value is -1.95. The van der Waals surface area contributed by atoms with Gasteiger partial charge in [0.05, 0.1) is 11.2 Å². The number of thiazole rings is 1. The van der Waals surface area contributed by atoms with Gasteiger partial charge in [0.25, 0.3) is 5.91 Å². The lowest BCUT2D eigenvalue weighted by atomic mass is 10.0. The van der Waals surface area contributed by atoms with Crippen molar-refractivity contribution in [2.75, 3.05) is 18.0 Å². The highest BCUT2D eigenvalue weighted by atomic mass is 32.1. The minimum absolute atomic E-state index is 0.0484. The van der Waals surface area contributed by atoms with E-state index >= 15 is 0 Å². The van der Waals surface area contributed by atoms with Crippen molar-refractivity contribution in [1.29, 1.82) is 0 Å². The van der Waals surface area contributed by atoms with Gasteiger partial charge in [-0.25, -0.2) is 9.97 Å². The van der Waals surface area contributed by atoms with Gasteiger partial charge in [0.1, 0.15) is 10.7 Å². The summed E-state index contributed by atoms with van der Waals surface area (Å²) in [6.07, 6.45) is 7.62. The molecule has 0 unspecified atom stereocenters. The second kappa shape index (κ2) is 6.89. The molecule has 2 aliphatic rings. The van der Waals surface area contributed by atoms with Gasteiger partial charge in [0.2, 0.25) is 0 Å². The first-order chi connectivity index (χ1) is 11.8. The highest BCUT2D eigenvalue weighted by molar-refractivity contribution is 7.11. The monoisotopic (exact) mass is 342 g/mol. The molecular formula is C18H22N4OS. The summed E-state index contributed by atoms with van der Waals surface area (Å²) >= 11 is 1.48. The highest BCUT2D eigenvalue weighted by Gasteiger charge is 2.29. The van der Waals surface area contributed by atoms with Crippen molar-refractivity contribution in [3.8, 4) is 0 Å². The Labute approximate surface area is 146 Å². The molecule has 0 bridgehead atoms. The molecule has 4 rings (SSSR count). The SMILES string of the molecule is O=C(N[C@H]1CCN(c2ccccn2)C1)c1scnc1C1CCCC1. The normalized spacial score (nSPS) is 21.3. The number of nitrogens with zero attached hydrogens (tertiary/aromatic N) is 3. The number of hydrogen-bond donors (Lipinski definition) is 1. The van der Waals surface area contributed by atoms with Crippen LogP contribution in [-0.2, 0) is 0 Å². The number of rotatable bonds is 4. The quantitative estimate of drug-likeness (QED) is 0.927. The van der Waals surface area contributed by atoms with Crippen molar-refractivity contribution < 1.29 is 4.79 Å². The Bertz CT molecular complexity index is 696. The Morgan fingerprint density at radius 3 is 2.88 bits per heavy atom. The van der Waals surface area contributed by atoms with Crippen LogP contribution in [0.5, 0.6) is 0 Å². The summed E-state index contributed by atoms with van der Waals surface area (Å²) in [7, 11) is 0. The fourth-order valence-corrected chi connectivity index (χ4v) is 4.57. The van der Waals surface area contributed by atoms with Crippen LogP contribution in [-0.4, -0.2) is 35.0 Å². The number of carbonyl (C=O) groups is 1. The van der Waals surface area contributed by atoms with Crippen molar-refractivity contribution in [2.45, 2.75) is 44.1 Å². The molecule has 6 heteroatoms. The van der Waals surface area contributed by atoms with E-state index in [0.29, 0.717) is 5.92 Å². The largest absolute Gasteiger partial charge is 0.354 e. The number of pyridine rings is 1. The molecule has 2 aromatic heterocycles. The van der Waals surface area contributed by atoms with Gasteiger partial charge in [-0.15, -0.1) is 11.3 Å². The molecule has 1 N–H and O–H groups in total. The first-order valence-electron chi connectivity index (χ1n) is 8.71. The van der Waals surface area contributed by atoms with E-state index < -0.39 is 0 Å². The molecule has 3 heterocycles. The van der Waals surface area contributed by atoms with Gasteiger partial charge in [-0.2, -0.15) is 0 Å². The first kappa shape index (κ1) is 15.6. The molecule has 0 aromatic carbocycles. The number of amides is 1. The van der Waals surface area contributed by atoms with E-state index in [9.17, 15) is 4.79 Å². The Balaban J connectivity index is 1.40. The summed E-state index contributed by atoms with van der Waals surface area (Å²) in [5, 5.41) is 3.21. The molecule has 1 saturated heterocycles. The maximum absolute atomic E-state index is 12.7. The minimum Gasteiger partial charge on any atom is -0.354 e. The highest BCUT2D eigenvalue weighted by Crippen LogP contribution is 2.36. The van der Waals surface area contributed by atoms with Gasteiger partial charge < -0.3 is 10.2 Å². The van der Waals surface area contributed by atoms with Crippen molar-refractivity contribution in [3.05, 3.63) is 40.5 Å². The zero-order valence-corrected chi connectivity index (χ0v) is 14.5. The van der Waals surface area contributed by atoms with Crippen molar-refractivity contribution in [1.82, 2.24) is 15.3 Å². The van der Waals surface area contributed by atoms with Gasteiger partial charge in [0, 0.05) is 31.2 Å². The van der Waals surface area contributed by atoms with Crippen LogP contribution in [0.15, 0.2) is 29.9 Å². The maximum Gasteiger partial charge on any atom is 0.263 e. The standard InChI is InChI=1S/C18H22N4OS/c23-18(17-16(20-12-24-17)13-5-1-2-6-13)21-14-8-10-22(11-14)15-7-3-4-9-19-15/h3-4,7,9,12-14H,1-2,5-6,8,10-11H2,(H,21,23)/t14-/m0/s1. The van der Waals surface area contributed by atoms with E-state index in [1.165, 1.54) is 37.0 Å². The molecule has 0 radical (unpaired) electrons. The smallest absolute Gasteiger partial charge is 0.263 e. The second-order valence-electron chi connectivity index (χ2n) is 6.64. The zero-order valence-electron chi connectivity index (χ0n) is 13.6. The summed E-state index contributed by atoms with van der Waals surface area (Å²) in [5.74, 6) is 1.51. The third-order valence-corrected chi connectivity index (χ3v) is 5.88. The first-order valence-corrected chi connectivity index (χ1v) is 9.59. The molecule has 0 spiro atoms. The van der Waals surface area contributed by atoms with Crippen LogP contribution >= 0.6 is 11.3 Å². The predicted octanol–water partition coefficient (Wildman–Crippen LogP) is 3.20. The number of aromatic nitrogens is 2. The lowest BCUT2D eigenvalue weighted by Gasteiger charge is -2.18. The summed E-state index contributed by atoms with van der Waals surface area (Å²) in [6.45, 7) is 1.75. The van der Waals surface area contributed by atoms with Crippen LogP contribution in [0.2, 0.25) is 0 Å². The second-order valence-corrected chi connectivity index (χ2v) is 7.50. The molecule has 24 heavy (non-hydrogen) atoms. The number of carbonyl (C=O) groups excluding carboxylic acids is 1. The third kappa shape index (κ3) is 3.15. The molecule has 1 atom stereocenters. The van der Waals surface area contributed by atoms with E-state index in [0.717, 1.165) is 35.9 Å². The van der Waals surface area contributed by atoms with Crippen molar-refractivity contribution in [2.24, 2.45) is 0 Å². The summed E-state index contributed by atoms with van der Waals surface area (Å²) < 4.78 is 0. The average Bonchev–Trinajstić information content (AvgIpc) is 3.36. The predicted molar refractivity (Wildman–Crippen MR) is 95.6 cm³/mol. The van der Waals surface area contributed by atoms with Gasteiger partial charge in [-0.05, 0) is 31.4 Å². The van der Waals surface area contributed by atoms with Gasteiger partial charge >= 0.3 is 0 Å². The average molecular weight is 342 g/mol. The number of nitrogens with one attached hydrogen (secondary N) is 1. The molecule has 1 aliphatic heterocycles. The van der Waals surface area contributed by atoms with Crippen LogP contribution in [0.4, 0.5) is 5.82 Å². The molecule has 1 amide bonds. The Morgan fingerprint density at radius 1 is 1.21 bits per heavy atom. The molecule has 5 nitrogen and oxygen atoms in total. The zero-order chi connectivity index (χ0) is 16.4. The van der Waals surface area contributed by atoms with Crippen LogP contribution in [0.3, 0.4) is 0 Å². The van der Waals surface area contributed by atoms with Crippen LogP contribution in [0.1, 0.15) is 53.4 Å². The van der Waals surface area contributed by atoms with Crippen LogP contribution in [0, 0.1) is 0 Å². The van der Waals surface area contributed by atoms with Crippen molar-refractivity contribution >= 4 is 23.1 Å². The van der Waals surface area contributed by atoms with E-state index in [-0.39, 0.29) is 11.9 Å². The summed E-state index contributed by atoms with van der Waals surface area (Å²) in [5.41, 5.74) is 2.84. The fraction of sp³-hybridized carbons (Fsp3) is 0.500. The van der Waals surface area contributed by atoms with Gasteiger partial charge in [-0.1, -0.05) is 18.9 Å². The van der Waals surface area contributed by atoms with E-state index in [1.54, 1.807) is 0 Å². The summed E-state index contributed by atoms with van der Waals surface area (Å²) in [4.78, 5) is 24.6.